The summed E-state index contributed by atoms with van der Waals surface area (Å²) in [5.41, 5.74) is 0.258. The van der Waals surface area contributed by atoms with Crippen LogP contribution in [0.15, 0.2) is 18.3 Å². The number of nitrogens with one attached hydrogen (secondary N) is 3. The molecule has 1 heterocycles. The predicted molar refractivity (Wildman–Crippen MR) is 70.0 cm³/mol. The van der Waals surface area contributed by atoms with Crippen LogP contribution >= 0.6 is 0 Å². The molecule has 0 aromatic carbocycles. The van der Waals surface area contributed by atoms with Gasteiger partial charge in [-0.3, -0.25) is 10.1 Å². The Morgan fingerprint density at radius 3 is 2.70 bits per heavy atom. The van der Waals surface area contributed by atoms with Crippen LogP contribution in [0, 0.1) is 0 Å². The molecule has 0 unspecified atom stereocenters. The van der Waals surface area contributed by atoms with Crippen molar-refractivity contribution in [2.75, 3.05) is 6.61 Å². The van der Waals surface area contributed by atoms with Crippen LogP contribution < -0.4 is 10.6 Å². The third kappa shape index (κ3) is 4.11. The molecule has 0 atom stereocenters. The molecule has 1 aliphatic rings. The number of urea groups is 1. The lowest BCUT2D eigenvalue weighted by molar-refractivity contribution is -0.123. The minimum absolute atomic E-state index is 0.129. The first-order chi connectivity index (χ1) is 9.65. The first-order valence-electron chi connectivity index (χ1n) is 6.56. The molecule has 0 saturated heterocycles. The van der Waals surface area contributed by atoms with Crippen molar-refractivity contribution in [3.05, 3.63) is 24.0 Å². The summed E-state index contributed by atoms with van der Waals surface area (Å²) >= 11 is 0. The largest absolute Gasteiger partial charge is 0.451 e. The third-order valence-electron chi connectivity index (χ3n) is 3.10. The summed E-state index contributed by atoms with van der Waals surface area (Å²) in [7, 11) is 0. The first kappa shape index (κ1) is 14.1. The molecule has 0 radical (unpaired) electrons. The normalized spacial score (nSPS) is 14.8. The Morgan fingerprint density at radius 2 is 2.05 bits per heavy atom. The van der Waals surface area contributed by atoms with Crippen LogP contribution in [0.4, 0.5) is 4.79 Å². The number of amides is 3. The van der Waals surface area contributed by atoms with E-state index in [1.165, 1.54) is 6.07 Å². The molecular formula is C13H17N3O4. The average molecular weight is 279 g/mol. The van der Waals surface area contributed by atoms with Gasteiger partial charge in [-0.1, -0.05) is 12.8 Å². The van der Waals surface area contributed by atoms with Crippen molar-refractivity contribution < 1.29 is 19.1 Å². The second kappa shape index (κ2) is 6.74. The molecule has 1 aromatic rings. The molecule has 7 nitrogen and oxygen atoms in total. The molecule has 0 bridgehead atoms. The highest BCUT2D eigenvalue weighted by Crippen LogP contribution is 2.17. The maximum Gasteiger partial charge on any atom is 0.355 e. The van der Waals surface area contributed by atoms with Gasteiger partial charge in [0, 0.05) is 12.2 Å². The molecule has 7 heteroatoms. The van der Waals surface area contributed by atoms with Crippen LogP contribution in [0.25, 0.3) is 0 Å². The van der Waals surface area contributed by atoms with Gasteiger partial charge < -0.3 is 15.0 Å². The van der Waals surface area contributed by atoms with E-state index < -0.39 is 24.5 Å². The first-order valence-corrected chi connectivity index (χ1v) is 6.56. The summed E-state index contributed by atoms with van der Waals surface area (Å²) in [6.07, 6.45) is 5.62. The topological polar surface area (TPSA) is 100 Å². The second-order valence-corrected chi connectivity index (χ2v) is 4.66. The van der Waals surface area contributed by atoms with Crippen molar-refractivity contribution in [3.63, 3.8) is 0 Å². The predicted octanol–water partition coefficient (Wildman–Crippen LogP) is 0.940. The highest BCUT2D eigenvalue weighted by atomic mass is 16.5. The molecular weight excluding hydrogens is 262 g/mol. The van der Waals surface area contributed by atoms with Gasteiger partial charge in [-0.15, -0.1) is 0 Å². The molecule has 1 aliphatic carbocycles. The summed E-state index contributed by atoms with van der Waals surface area (Å²) in [6.45, 7) is -0.490. The van der Waals surface area contributed by atoms with Gasteiger partial charge in [0.1, 0.15) is 5.69 Å². The van der Waals surface area contributed by atoms with E-state index in [-0.39, 0.29) is 11.7 Å². The fourth-order valence-electron chi connectivity index (χ4n) is 2.12. The van der Waals surface area contributed by atoms with Gasteiger partial charge >= 0.3 is 12.0 Å². The van der Waals surface area contributed by atoms with Gasteiger partial charge in [0.25, 0.3) is 5.91 Å². The highest BCUT2D eigenvalue weighted by Gasteiger charge is 2.18. The number of rotatable bonds is 4. The van der Waals surface area contributed by atoms with E-state index in [1.54, 1.807) is 12.3 Å². The standard InChI is InChI=1S/C13H17N3O4/c17-11(8-20-12(18)10-6-3-7-14-10)16-13(19)15-9-4-1-2-5-9/h3,6-7,9,14H,1-2,4-5,8H2,(H2,15,16,17,19). The summed E-state index contributed by atoms with van der Waals surface area (Å²) in [6, 6.07) is 2.76. The average Bonchev–Trinajstić information content (AvgIpc) is 3.08. The molecule has 1 aromatic heterocycles. The number of hydrogen-bond donors (Lipinski definition) is 3. The summed E-state index contributed by atoms with van der Waals surface area (Å²) in [4.78, 5) is 37.0. The SMILES string of the molecule is O=C(COC(=O)c1ccc[nH]1)NC(=O)NC1CCCC1. The van der Waals surface area contributed by atoms with E-state index >= 15 is 0 Å². The molecule has 3 N–H and O–H groups in total. The summed E-state index contributed by atoms with van der Waals surface area (Å²) < 4.78 is 4.76. The number of ether oxygens (including phenoxy) is 1. The quantitative estimate of drug-likeness (QED) is 0.714. The van der Waals surface area contributed by atoms with E-state index in [1.807, 2.05) is 0 Å². The lowest BCUT2D eigenvalue weighted by Crippen LogP contribution is -2.45. The molecule has 1 fully saturated rings. The maximum atomic E-state index is 11.5. The van der Waals surface area contributed by atoms with Gasteiger partial charge in [0.2, 0.25) is 0 Å². The fourth-order valence-corrected chi connectivity index (χ4v) is 2.12. The number of carbonyl (C=O) groups excluding carboxylic acids is 3. The Labute approximate surface area is 116 Å². The lowest BCUT2D eigenvalue weighted by atomic mass is 10.2. The number of carbonyl (C=O) groups is 3. The van der Waals surface area contributed by atoms with Crippen LogP contribution in [-0.4, -0.2) is 35.5 Å². The zero-order valence-electron chi connectivity index (χ0n) is 11.0. The third-order valence-corrected chi connectivity index (χ3v) is 3.10. The Bertz CT molecular complexity index is 478. The molecule has 0 spiro atoms. The molecule has 2 rings (SSSR count). The lowest BCUT2D eigenvalue weighted by Gasteiger charge is -2.12. The Balaban J connectivity index is 1.67. The highest BCUT2D eigenvalue weighted by molar-refractivity contribution is 5.96. The maximum absolute atomic E-state index is 11.5. The minimum Gasteiger partial charge on any atom is -0.451 e. The van der Waals surface area contributed by atoms with Crippen LogP contribution in [0.2, 0.25) is 0 Å². The Morgan fingerprint density at radius 1 is 1.30 bits per heavy atom. The number of aromatic nitrogens is 1. The monoisotopic (exact) mass is 279 g/mol. The number of imide groups is 1. The van der Waals surface area contributed by atoms with Crippen molar-refractivity contribution in [1.29, 1.82) is 0 Å². The molecule has 108 valence electrons. The number of esters is 1. The molecule has 20 heavy (non-hydrogen) atoms. The van der Waals surface area contributed by atoms with Crippen molar-refractivity contribution in [2.24, 2.45) is 0 Å². The smallest absolute Gasteiger partial charge is 0.355 e. The van der Waals surface area contributed by atoms with E-state index in [0.717, 1.165) is 25.7 Å². The van der Waals surface area contributed by atoms with Gasteiger partial charge in [0.15, 0.2) is 6.61 Å². The fraction of sp³-hybridized carbons (Fsp3) is 0.462. The van der Waals surface area contributed by atoms with E-state index in [2.05, 4.69) is 15.6 Å². The molecule has 3 amide bonds. The van der Waals surface area contributed by atoms with Crippen LogP contribution in [0.3, 0.4) is 0 Å². The number of aromatic amines is 1. The van der Waals surface area contributed by atoms with E-state index in [4.69, 9.17) is 4.74 Å². The summed E-state index contributed by atoms with van der Waals surface area (Å²) in [5.74, 6) is -1.29. The summed E-state index contributed by atoms with van der Waals surface area (Å²) in [5, 5.41) is 4.84. The van der Waals surface area contributed by atoms with Crippen LogP contribution in [-0.2, 0) is 9.53 Å². The van der Waals surface area contributed by atoms with Gasteiger partial charge in [0.05, 0.1) is 0 Å². The zero-order chi connectivity index (χ0) is 14.4. The van der Waals surface area contributed by atoms with E-state index in [0.29, 0.717) is 0 Å². The zero-order valence-corrected chi connectivity index (χ0v) is 11.0. The van der Waals surface area contributed by atoms with Crippen molar-refractivity contribution >= 4 is 17.9 Å². The second-order valence-electron chi connectivity index (χ2n) is 4.66. The van der Waals surface area contributed by atoms with Crippen molar-refractivity contribution in [1.82, 2.24) is 15.6 Å². The van der Waals surface area contributed by atoms with E-state index in [9.17, 15) is 14.4 Å². The Hall–Kier alpha value is -2.31. The van der Waals surface area contributed by atoms with Crippen molar-refractivity contribution in [3.8, 4) is 0 Å². The molecule has 1 saturated carbocycles. The van der Waals surface area contributed by atoms with Crippen LogP contribution in [0.1, 0.15) is 36.2 Å². The van der Waals surface area contributed by atoms with Crippen LogP contribution in [0.5, 0.6) is 0 Å². The van der Waals surface area contributed by atoms with Gasteiger partial charge in [-0.2, -0.15) is 0 Å². The molecule has 0 aliphatic heterocycles. The Kier molecular flexibility index (Phi) is 4.75. The van der Waals surface area contributed by atoms with Crippen molar-refractivity contribution in [2.45, 2.75) is 31.7 Å². The number of hydrogen-bond acceptors (Lipinski definition) is 4. The van der Waals surface area contributed by atoms with Gasteiger partial charge in [-0.25, -0.2) is 9.59 Å². The van der Waals surface area contributed by atoms with Gasteiger partial charge in [-0.05, 0) is 25.0 Å². The number of H-pyrrole nitrogens is 1. The minimum atomic E-state index is -0.652.